The highest BCUT2D eigenvalue weighted by molar-refractivity contribution is 5.86. The van der Waals surface area contributed by atoms with Crippen LogP contribution >= 0.6 is 0 Å². The van der Waals surface area contributed by atoms with Gasteiger partial charge in [-0.25, -0.2) is 5.43 Å². The van der Waals surface area contributed by atoms with Crippen molar-refractivity contribution in [2.75, 3.05) is 13.1 Å². The molecule has 0 radical (unpaired) electrons. The maximum absolute atomic E-state index is 12.4. The zero-order chi connectivity index (χ0) is 17.2. The van der Waals surface area contributed by atoms with E-state index in [1.165, 1.54) is 0 Å². The predicted octanol–water partition coefficient (Wildman–Crippen LogP) is 0.369. The molecule has 1 atom stereocenters. The summed E-state index contributed by atoms with van der Waals surface area (Å²) >= 11 is 0. The number of nitrogens with one attached hydrogen (secondary N) is 2. The number of amides is 2. The Balaban J connectivity index is 1.30. The lowest BCUT2D eigenvalue weighted by atomic mass is 9.97. The first kappa shape index (κ1) is 15.8. The third-order valence-electron chi connectivity index (χ3n) is 4.58. The highest BCUT2D eigenvalue weighted by Gasteiger charge is 2.39. The Morgan fingerprint density at radius 1 is 1.28 bits per heavy atom. The molecule has 2 fully saturated rings. The van der Waals surface area contributed by atoms with Crippen LogP contribution in [-0.2, 0) is 16.0 Å². The molecule has 130 valence electrons. The van der Waals surface area contributed by atoms with E-state index in [4.69, 9.17) is 4.52 Å². The Kier molecular flexibility index (Phi) is 4.19. The van der Waals surface area contributed by atoms with Crippen molar-refractivity contribution in [3.8, 4) is 0 Å². The summed E-state index contributed by atoms with van der Waals surface area (Å²) in [5, 5.41) is 4.03. The minimum atomic E-state index is -0.352. The smallest absolute Gasteiger partial charge is 0.241 e. The topological polar surface area (TPSA) is 100 Å². The van der Waals surface area contributed by atoms with Crippen molar-refractivity contribution in [3.63, 3.8) is 0 Å². The van der Waals surface area contributed by atoms with Gasteiger partial charge in [-0.3, -0.25) is 15.0 Å². The van der Waals surface area contributed by atoms with Gasteiger partial charge in [0.25, 0.3) is 0 Å². The van der Waals surface area contributed by atoms with Crippen molar-refractivity contribution in [2.45, 2.75) is 31.2 Å². The van der Waals surface area contributed by atoms with E-state index in [1.54, 1.807) is 4.90 Å². The summed E-state index contributed by atoms with van der Waals surface area (Å²) in [7, 11) is 0. The second-order valence-electron chi connectivity index (χ2n) is 6.44. The highest BCUT2D eigenvalue weighted by Crippen LogP contribution is 2.27. The molecule has 25 heavy (non-hydrogen) atoms. The van der Waals surface area contributed by atoms with Crippen LogP contribution in [0.25, 0.3) is 0 Å². The zero-order valence-corrected chi connectivity index (χ0v) is 13.6. The molecular weight excluding hydrogens is 322 g/mol. The first-order valence-electron chi connectivity index (χ1n) is 8.38. The van der Waals surface area contributed by atoms with E-state index < -0.39 is 0 Å². The summed E-state index contributed by atoms with van der Waals surface area (Å²) in [5.41, 5.74) is 6.40. The van der Waals surface area contributed by atoms with Gasteiger partial charge in [0.2, 0.25) is 17.7 Å². The van der Waals surface area contributed by atoms with Crippen molar-refractivity contribution in [1.82, 2.24) is 25.9 Å². The van der Waals surface area contributed by atoms with Crippen LogP contribution in [0.5, 0.6) is 0 Å². The number of rotatable bonds is 4. The normalized spacial score (nSPS) is 20.9. The molecule has 2 aromatic rings. The third kappa shape index (κ3) is 3.39. The van der Waals surface area contributed by atoms with E-state index in [0.29, 0.717) is 44.1 Å². The molecule has 2 aliphatic rings. The lowest BCUT2D eigenvalue weighted by Gasteiger charge is -2.39. The molecule has 3 heterocycles. The van der Waals surface area contributed by atoms with E-state index >= 15 is 0 Å². The molecule has 0 bridgehead atoms. The molecule has 1 aromatic carbocycles. The number of aromatic nitrogens is 2. The number of carbonyl (C=O) groups is 2. The molecule has 8 nitrogen and oxygen atoms in total. The first-order chi connectivity index (χ1) is 12.2. The first-order valence-corrected chi connectivity index (χ1v) is 8.38. The lowest BCUT2D eigenvalue weighted by molar-refractivity contribution is -0.140. The van der Waals surface area contributed by atoms with Crippen LogP contribution in [0.3, 0.4) is 0 Å². The summed E-state index contributed by atoms with van der Waals surface area (Å²) in [4.78, 5) is 29.7. The molecule has 8 heteroatoms. The van der Waals surface area contributed by atoms with E-state index in [0.717, 1.165) is 5.56 Å². The number of carbonyl (C=O) groups excluding carboxylic acids is 2. The van der Waals surface area contributed by atoms with Gasteiger partial charge >= 0.3 is 0 Å². The molecule has 0 aliphatic carbocycles. The van der Waals surface area contributed by atoms with Crippen molar-refractivity contribution >= 4 is 11.8 Å². The minimum Gasteiger partial charge on any atom is -0.340 e. The summed E-state index contributed by atoms with van der Waals surface area (Å²) < 4.78 is 5.36. The van der Waals surface area contributed by atoms with Gasteiger partial charge in [-0.05, 0) is 12.0 Å². The largest absolute Gasteiger partial charge is 0.340 e. The Labute approximate surface area is 144 Å². The average molecular weight is 341 g/mol. The molecule has 2 aliphatic heterocycles. The standard InChI is InChI=1S/C17H19N5O3/c23-15-7-6-13(19-20-15)17(24)22-9-12(10-22)16-18-14(21-25-16)8-11-4-2-1-3-5-11/h1-5,12-13,19H,6-10H2,(H,20,23). The lowest BCUT2D eigenvalue weighted by Crippen LogP contribution is -2.60. The van der Waals surface area contributed by atoms with E-state index in [2.05, 4.69) is 21.0 Å². The van der Waals surface area contributed by atoms with Crippen molar-refractivity contribution in [2.24, 2.45) is 0 Å². The van der Waals surface area contributed by atoms with Gasteiger partial charge in [0.05, 0.1) is 5.92 Å². The molecule has 1 aromatic heterocycles. The summed E-state index contributed by atoms with van der Waals surface area (Å²) in [6.07, 6.45) is 1.52. The van der Waals surface area contributed by atoms with Gasteiger partial charge in [0.1, 0.15) is 6.04 Å². The second kappa shape index (κ2) is 6.64. The monoisotopic (exact) mass is 341 g/mol. The number of hydrazine groups is 1. The molecule has 2 saturated heterocycles. The predicted molar refractivity (Wildman–Crippen MR) is 87.2 cm³/mol. The van der Waals surface area contributed by atoms with Crippen molar-refractivity contribution in [1.29, 1.82) is 0 Å². The summed E-state index contributed by atoms with van der Waals surface area (Å²) in [5.74, 6) is 1.24. The van der Waals surface area contributed by atoms with Crippen LogP contribution in [0.15, 0.2) is 34.9 Å². The van der Waals surface area contributed by atoms with Gasteiger partial charge in [-0.2, -0.15) is 4.98 Å². The molecule has 2 amide bonds. The fraction of sp³-hybridized carbons (Fsp3) is 0.412. The Hall–Kier alpha value is -2.74. The second-order valence-corrected chi connectivity index (χ2v) is 6.44. The Bertz CT molecular complexity index is 760. The quantitative estimate of drug-likeness (QED) is 0.833. The van der Waals surface area contributed by atoms with Gasteiger partial charge in [0, 0.05) is 25.9 Å². The van der Waals surface area contributed by atoms with Crippen LogP contribution in [0, 0.1) is 0 Å². The number of benzene rings is 1. The van der Waals surface area contributed by atoms with Crippen molar-refractivity contribution < 1.29 is 14.1 Å². The van der Waals surface area contributed by atoms with E-state index in [1.807, 2.05) is 30.3 Å². The SMILES string of the molecule is O=C1CCC(C(=O)N2CC(c3nc(Cc4ccccc4)no3)C2)NN1. The molecule has 4 rings (SSSR count). The zero-order valence-electron chi connectivity index (χ0n) is 13.6. The number of hydrogen-bond acceptors (Lipinski definition) is 6. The third-order valence-corrected chi connectivity index (χ3v) is 4.58. The van der Waals surface area contributed by atoms with Crippen LogP contribution in [0.4, 0.5) is 0 Å². The number of likely N-dealkylation sites (tertiary alicyclic amines) is 1. The molecule has 0 saturated carbocycles. The van der Waals surface area contributed by atoms with Gasteiger partial charge < -0.3 is 9.42 Å². The van der Waals surface area contributed by atoms with Gasteiger partial charge in [-0.1, -0.05) is 35.5 Å². The molecular formula is C17H19N5O3. The minimum absolute atomic E-state index is 0.000254. The fourth-order valence-electron chi connectivity index (χ4n) is 3.08. The van der Waals surface area contributed by atoms with E-state index in [-0.39, 0.29) is 23.8 Å². The molecule has 1 unspecified atom stereocenters. The molecule has 0 spiro atoms. The van der Waals surface area contributed by atoms with Crippen molar-refractivity contribution in [3.05, 3.63) is 47.6 Å². The molecule has 2 N–H and O–H groups in total. The maximum atomic E-state index is 12.4. The number of hydrogen-bond donors (Lipinski definition) is 2. The van der Waals surface area contributed by atoms with Crippen LogP contribution in [0.2, 0.25) is 0 Å². The van der Waals surface area contributed by atoms with Gasteiger partial charge in [0.15, 0.2) is 5.82 Å². The fourth-order valence-corrected chi connectivity index (χ4v) is 3.08. The van der Waals surface area contributed by atoms with Crippen LogP contribution in [0.1, 0.15) is 36.0 Å². The highest BCUT2D eigenvalue weighted by atomic mass is 16.5. The Morgan fingerprint density at radius 2 is 2.08 bits per heavy atom. The number of nitrogens with zero attached hydrogens (tertiary/aromatic N) is 3. The van der Waals surface area contributed by atoms with E-state index in [9.17, 15) is 9.59 Å². The summed E-state index contributed by atoms with van der Waals surface area (Å²) in [6.45, 7) is 1.13. The summed E-state index contributed by atoms with van der Waals surface area (Å²) in [6, 6.07) is 9.62. The maximum Gasteiger partial charge on any atom is 0.241 e. The van der Waals surface area contributed by atoms with Crippen LogP contribution in [-0.4, -0.2) is 46.0 Å². The van der Waals surface area contributed by atoms with Gasteiger partial charge in [-0.15, -0.1) is 0 Å². The Morgan fingerprint density at radius 3 is 2.80 bits per heavy atom. The average Bonchev–Trinajstić information content (AvgIpc) is 3.03. The van der Waals surface area contributed by atoms with Crippen LogP contribution < -0.4 is 10.9 Å².